The Labute approximate surface area is 107 Å². The van der Waals surface area contributed by atoms with Crippen LogP contribution < -0.4 is 0 Å². The first-order chi connectivity index (χ1) is 8.60. The van der Waals surface area contributed by atoms with Crippen LogP contribution in [-0.2, 0) is 6.54 Å². The van der Waals surface area contributed by atoms with Gasteiger partial charge in [-0.15, -0.1) is 0 Å². The van der Waals surface area contributed by atoms with Gasteiger partial charge in [-0.25, -0.2) is 4.39 Å². The average Bonchev–Trinajstić information content (AvgIpc) is 2.36. The van der Waals surface area contributed by atoms with Gasteiger partial charge in [0.25, 0.3) is 0 Å². The summed E-state index contributed by atoms with van der Waals surface area (Å²) in [5.41, 5.74) is 0.610. The molecule has 0 atom stereocenters. The highest BCUT2D eigenvalue weighted by Gasteiger charge is 2.14. The highest BCUT2D eigenvalue weighted by atomic mass is 19.1. The summed E-state index contributed by atoms with van der Waals surface area (Å²) in [7, 11) is 0. The minimum Gasteiger partial charge on any atom is -0.396 e. The Balaban J connectivity index is 2.84. The molecule has 4 heteroatoms. The first kappa shape index (κ1) is 14.6. The number of aliphatic hydroxyl groups excluding tert-OH is 1. The third kappa shape index (κ3) is 3.80. The Morgan fingerprint density at radius 1 is 1.44 bits per heavy atom. The number of aliphatic hydroxyl groups is 1. The number of benzene rings is 1. The Morgan fingerprint density at radius 3 is 2.72 bits per heavy atom. The summed E-state index contributed by atoms with van der Waals surface area (Å²) in [6.07, 6.45) is 0.664. The number of rotatable bonds is 6. The van der Waals surface area contributed by atoms with Crippen molar-refractivity contribution in [2.45, 2.75) is 32.9 Å². The van der Waals surface area contributed by atoms with Gasteiger partial charge in [-0.3, -0.25) is 4.90 Å². The lowest BCUT2D eigenvalue weighted by Crippen LogP contribution is -2.32. The maximum absolute atomic E-state index is 13.9. The molecular weight excluding hydrogens is 231 g/mol. The van der Waals surface area contributed by atoms with Gasteiger partial charge in [0, 0.05) is 31.3 Å². The second-order valence-electron chi connectivity index (χ2n) is 4.53. The van der Waals surface area contributed by atoms with Crippen molar-refractivity contribution in [3.05, 3.63) is 35.1 Å². The van der Waals surface area contributed by atoms with Crippen molar-refractivity contribution in [1.29, 1.82) is 5.26 Å². The first-order valence-corrected chi connectivity index (χ1v) is 6.12. The summed E-state index contributed by atoms with van der Waals surface area (Å²) < 4.78 is 13.9. The molecule has 1 aromatic rings. The quantitative estimate of drug-likeness (QED) is 0.842. The summed E-state index contributed by atoms with van der Waals surface area (Å²) in [4.78, 5) is 2.08. The summed E-state index contributed by atoms with van der Waals surface area (Å²) in [6, 6.07) is 6.99. The maximum Gasteiger partial charge on any atom is 0.145 e. The molecule has 0 aliphatic heterocycles. The normalized spacial score (nSPS) is 10.9. The van der Waals surface area contributed by atoms with E-state index in [0.717, 1.165) is 0 Å². The van der Waals surface area contributed by atoms with Gasteiger partial charge in [0.2, 0.25) is 0 Å². The van der Waals surface area contributed by atoms with Crippen molar-refractivity contribution in [2.75, 3.05) is 13.2 Å². The Morgan fingerprint density at radius 2 is 2.17 bits per heavy atom. The van der Waals surface area contributed by atoms with Crippen molar-refractivity contribution in [1.82, 2.24) is 4.90 Å². The van der Waals surface area contributed by atoms with Crippen LogP contribution in [0.5, 0.6) is 0 Å². The van der Waals surface area contributed by atoms with Crippen LogP contribution in [-0.4, -0.2) is 29.2 Å². The van der Waals surface area contributed by atoms with Crippen LogP contribution in [0.15, 0.2) is 18.2 Å². The summed E-state index contributed by atoms with van der Waals surface area (Å²) in [5.74, 6) is -0.436. The van der Waals surface area contributed by atoms with Crippen LogP contribution in [0.25, 0.3) is 0 Å². The minimum atomic E-state index is -0.436. The molecule has 0 heterocycles. The molecule has 98 valence electrons. The summed E-state index contributed by atoms with van der Waals surface area (Å²) in [6.45, 7) is 5.36. The Kier molecular flexibility index (Phi) is 5.76. The fourth-order valence-corrected chi connectivity index (χ4v) is 1.80. The van der Waals surface area contributed by atoms with E-state index in [9.17, 15) is 4.39 Å². The lowest BCUT2D eigenvalue weighted by atomic mass is 10.1. The van der Waals surface area contributed by atoms with E-state index in [0.29, 0.717) is 25.1 Å². The molecule has 0 saturated heterocycles. The van der Waals surface area contributed by atoms with E-state index in [-0.39, 0.29) is 18.2 Å². The molecule has 18 heavy (non-hydrogen) atoms. The van der Waals surface area contributed by atoms with E-state index < -0.39 is 5.82 Å². The van der Waals surface area contributed by atoms with E-state index in [1.54, 1.807) is 12.1 Å². The Hall–Kier alpha value is -1.44. The number of hydrogen-bond acceptors (Lipinski definition) is 3. The standard InChI is InChI=1S/C14H19FN2O/c1-11(2)17(7-4-8-18)10-13-6-3-5-12(9-16)14(13)15/h3,5-6,11,18H,4,7-8,10H2,1-2H3. The topological polar surface area (TPSA) is 47.3 Å². The lowest BCUT2D eigenvalue weighted by Gasteiger charge is -2.26. The van der Waals surface area contributed by atoms with Gasteiger partial charge in [-0.2, -0.15) is 5.26 Å². The highest BCUT2D eigenvalue weighted by Crippen LogP contribution is 2.16. The number of nitrogens with zero attached hydrogens (tertiary/aromatic N) is 2. The molecule has 0 unspecified atom stereocenters. The van der Waals surface area contributed by atoms with Crippen molar-refractivity contribution >= 4 is 0 Å². The van der Waals surface area contributed by atoms with Crippen LogP contribution in [0.3, 0.4) is 0 Å². The zero-order chi connectivity index (χ0) is 13.5. The van der Waals surface area contributed by atoms with Crippen molar-refractivity contribution in [3.8, 4) is 6.07 Å². The van der Waals surface area contributed by atoms with Gasteiger partial charge in [0.1, 0.15) is 11.9 Å². The minimum absolute atomic E-state index is 0.0818. The third-order valence-electron chi connectivity index (χ3n) is 2.91. The van der Waals surface area contributed by atoms with Crippen LogP contribution in [0, 0.1) is 17.1 Å². The van der Waals surface area contributed by atoms with E-state index >= 15 is 0 Å². The van der Waals surface area contributed by atoms with Crippen molar-refractivity contribution < 1.29 is 9.50 Å². The van der Waals surface area contributed by atoms with Crippen LogP contribution in [0.4, 0.5) is 4.39 Å². The van der Waals surface area contributed by atoms with Crippen LogP contribution >= 0.6 is 0 Å². The van der Waals surface area contributed by atoms with E-state index in [4.69, 9.17) is 10.4 Å². The third-order valence-corrected chi connectivity index (χ3v) is 2.91. The van der Waals surface area contributed by atoms with Gasteiger partial charge in [0.05, 0.1) is 5.56 Å². The van der Waals surface area contributed by atoms with Crippen molar-refractivity contribution in [2.24, 2.45) is 0 Å². The molecule has 0 saturated carbocycles. The molecule has 0 amide bonds. The monoisotopic (exact) mass is 250 g/mol. The maximum atomic E-state index is 13.9. The molecule has 1 rings (SSSR count). The average molecular weight is 250 g/mol. The van der Waals surface area contributed by atoms with E-state index in [1.165, 1.54) is 6.07 Å². The summed E-state index contributed by atoms with van der Waals surface area (Å²) >= 11 is 0. The lowest BCUT2D eigenvalue weighted by molar-refractivity contribution is 0.183. The Bertz CT molecular complexity index is 426. The predicted molar refractivity (Wildman–Crippen MR) is 68.4 cm³/mol. The largest absolute Gasteiger partial charge is 0.396 e. The fourth-order valence-electron chi connectivity index (χ4n) is 1.80. The molecule has 3 nitrogen and oxygen atoms in total. The molecule has 0 aromatic heterocycles. The molecule has 0 radical (unpaired) electrons. The molecule has 0 aliphatic rings. The SMILES string of the molecule is CC(C)N(CCCO)Cc1cccc(C#N)c1F. The smallest absolute Gasteiger partial charge is 0.145 e. The molecule has 0 bridgehead atoms. The highest BCUT2D eigenvalue weighted by molar-refractivity contribution is 5.34. The zero-order valence-corrected chi connectivity index (χ0v) is 10.9. The molecule has 1 aromatic carbocycles. The van der Waals surface area contributed by atoms with Crippen LogP contribution in [0.1, 0.15) is 31.4 Å². The molecule has 0 aliphatic carbocycles. The van der Waals surface area contributed by atoms with Crippen LogP contribution in [0.2, 0.25) is 0 Å². The fraction of sp³-hybridized carbons (Fsp3) is 0.500. The second kappa shape index (κ2) is 7.10. The van der Waals surface area contributed by atoms with Gasteiger partial charge in [-0.05, 0) is 26.3 Å². The molecule has 0 fully saturated rings. The number of nitriles is 1. The first-order valence-electron chi connectivity index (χ1n) is 6.12. The zero-order valence-electron chi connectivity index (χ0n) is 10.9. The number of hydrogen-bond donors (Lipinski definition) is 1. The second-order valence-corrected chi connectivity index (χ2v) is 4.53. The predicted octanol–water partition coefficient (Wildman–Crippen LogP) is 2.29. The molecular formula is C14H19FN2O. The summed E-state index contributed by atoms with van der Waals surface area (Å²) in [5, 5.41) is 17.6. The van der Waals surface area contributed by atoms with Gasteiger partial charge in [0.15, 0.2) is 0 Å². The molecule has 1 N–H and O–H groups in total. The van der Waals surface area contributed by atoms with E-state index in [2.05, 4.69) is 4.90 Å². The van der Waals surface area contributed by atoms with E-state index in [1.807, 2.05) is 19.9 Å². The van der Waals surface area contributed by atoms with Gasteiger partial charge in [-0.1, -0.05) is 12.1 Å². The number of halogens is 1. The van der Waals surface area contributed by atoms with Crippen molar-refractivity contribution in [3.63, 3.8) is 0 Å². The molecule has 0 spiro atoms. The van der Waals surface area contributed by atoms with Gasteiger partial charge >= 0.3 is 0 Å². The van der Waals surface area contributed by atoms with Gasteiger partial charge < -0.3 is 5.11 Å².